The van der Waals surface area contributed by atoms with Crippen LogP contribution in [0.25, 0.3) is 0 Å². The second-order valence-corrected chi connectivity index (χ2v) is 8.17. The highest BCUT2D eigenvalue weighted by atomic mass is 32.2. The number of likely N-dealkylation sites (tertiary alicyclic amines) is 1. The number of piperidine rings is 1. The summed E-state index contributed by atoms with van der Waals surface area (Å²) in [4.78, 5) is 24.9. The van der Waals surface area contributed by atoms with E-state index in [0.29, 0.717) is 32.5 Å². The Morgan fingerprint density at radius 1 is 1.29 bits per heavy atom. The average molecular weight is 363 g/mol. The number of nitrogens with one attached hydrogen (secondary N) is 1. The second kappa shape index (κ2) is 9.22. The highest BCUT2D eigenvalue weighted by Crippen LogP contribution is 2.19. The zero-order valence-electron chi connectivity index (χ0n) is 14.9. The van der Waals surface area contributed by atoms with Crippen LogP contribution < -0.4 is 5.32 Å². The molecule has 1 heterocycles. The van der Waals surface area contributed by atoms with Gasteiger partial charge in [-0.05, 0) is 19.8 Å². The highest BCUT2D eigenvalue weighted by molar-refractivity contribution is 7.88. The van der Waals surface area contributed by atoms with Crippen LogP contribution in [0.3, 0.4) is 0 Å². The van der Waals surface area contributed by atoms with Crippen molar-refractivity contribution in [3.63, 3.8) is 0 Å². The Morgan fingerprint density at radius 3 is 2.33 bits per heavy atom. The third-order valence-corrected chi connectivity index (χ3v) is 5.31. The van der Waals surface area contributed by atoms with E-state index < -0.39 is 10.0 Å². The Bertz CT molecular complexity index is 527. The highest BCUT2D eigenvalue weighted by Gasteiger charge is 2.31. The van der Waals surface area contributed by atoms with E-state index in [2.05, 4.69) is 5.32 Å². The third-order valence-electron chi connectivity index (χ3n) is 3.98. The second-order valence-electron chi connectivity index (χ2n) is 6.24. The topological polar surface area (TPSA) is 96.0 Å². The number of hydrogen-bond acceptors (Lipinski definition) is 5. The van der Waals surface area contributed by atoms with Gasteiger partial charge in [-0.3, -0.25) is 4.79 Å². The maximum Gasteiger partial charge on any atom is 0.409 e. The Labute approximate surface area is 144 Å². The molecule has 1 N–H and O–H groups in total. The van der Waals surface area contributed by atoms with Gasteiger partial charge in [0.2, 0.25) is 15.9 Å². The summed E-state index contributed by atoms with van der Waals surface area (Å²) >= 11 is 0. The van der Waals surface area contributed by atoms with Crippen molar-refractivity contribution in [2.24, 2.45) is 5.92 Å². The van der Waals surface area contributed by atoms with Crippen molar-refractivity contribution in [3.05, 3.63) is 0 Å². The SMILES string of the molecule is CCOC(=O)N1CCC(N(CCNC(=O)C(C)C)S(C)(=O)=O)CC1. The molecule has 24 heavy (non-hydrogen) atoms. The molecule has 1 fully saturated rings. The fraction of sp³-hybridized carbons (Fsp3) is 0.867. The van der Waals surface area contributed by atoms with Gasteiger partial charge in [-0.15, -0.1) is 0 Å². The number of hydrogen-bond donors (Lipinski definition) is 1. The Balaban J connectivity index is 2.58. The molecule has 0 aromatic carbocycles. The smallest absolute Gasteiger partial charge is 0.409 e. The van der Waals surface area contributed by atoms with Gasteiger partial charge in [0.1, 0.15) is 0 Å². The van der Waals surface area contributed by atoms with Gasteiger partial charge in [0.15, 0.2) is 0 Å². The zero-order chi connectivity index (χ0) is 18.3. The minimum atomic E-state index is -3.38. The Hall–Kier alpha value is -1.35. The van der Waals surface area contributed by atoms with E-state index in [-0.39, 0.29) is 37.0 Å². The minimum absolute atomic E-state index is 0.0967. The van der Waals surface area contributed by atoms with Crippen LogP contribution in [0.1, 0.15) is 33.6 Å². The summed E-state index contributed by atoms with van der Waals surface area (Å²) in [6, 6.07) is -0.165. The van der Waals surface area contributed by atoms with Crippen LogP contribution in [0.4, 0.5) is 4.79 Å². The first-order valence-electron chi connectivity index (χ1n) is 8.33. The monoisotopic (exact) mass is 363 g/mol. The van der Waals surface area contributed by atoms with Crippen molar-refractivity contribution < 1.29 is 22.7 Å². The quantitative estimate of drug-likeness (QED) is 0.716. The molecule has 0 atom stereocenters. The molecule has 0 radical (unpaired) electrons. The number of carbonyl (C=O) groups is 2. The molecule has 9 heteroatoms. The number of nitrogens with zero attached hydrogens (tertiary/aromatic N) is 2. The van der Waals surface area contributed by atoms with Gasteiger partial charge in [0.05, 0.1) is 12.9 Å². The van der Waals surface area contributed by atoms with Crippen LogP contribution >= 0.6 is 0 Å². The van der Waals surface area contributed by atoms with Crippen LogP contribution in [0.5, 0.6) is 0 Å². The number of ether oxygens (including phenoxy) is 1. The molecule has 0 aromatic rings. The molecule has 0 aromatic heterocycles. The first kappa shape index (κ1) is 20.7. The molecule has 1 aliphatic heterocycles. The lowest BCUT2D eigenvalue weighted by atomic mass is 10.1. The molecule has 0 bridgehead atoms. The predicted octanol–water partition coefficient (Wildman–Crippen LogP) is 0.641. The van der Waals surface area contributed by atoms with Gasteiger partial charge in [-0.2, -0.15) is 4.31 Å². The van der Waals surface area contributed by atoms with Crippen LogP contribution in [-0.2, 0) is 19.6 Å². The van der Waals surface area contributed by atoms with E-state index in [0.717, 1.165) is 0 Å². The van der Waals surface area contributed by atoms with Crippen molar-refractivity contribution >= 4 is 22.0 Å². The lowest BCUT2D eigenvalue weighted by Gasteiger charge is -2.36. The fourth-order valence-electron chi connectivity index (χ4n) is 2.66. The van der Waals surface area contributed by atoms with Crippen molar-refractivity contribution in [2.45, 2.75) is 39.7 Å². The fourth-order valence-corrected chi connectivity index (χ4v) is 3.84. The van der Waals surface area contributed by atoms with Crippen molar-refractivity contribution in [3.8, 4) is 0 Å². The van der Waals surface area contributed by atoms with E-state index >= 15 is 0 Å². The Morgan fingerprint density at radius 2 is 1.88 bits per heavy atom. The summed E-state index contributed by atoms with van der Waals surface area (Å²) < 4.78 is 30.5. The number of carbonyl (C=O) groups excluding carboxylic acids is 2. The van der Waals surface area contributed by atoms with E-state index in [4.69, 9.17) is 4.74 Å². The summed E-state index contributed by atoms with van der Waals surface area (Å²) in [6.07, 6.45) is 1.94. The molecule has 8 nitrogen and oxygen atoms in total. The molecule has 0 unspecified atom stereocenters. The molecular weight excluding hydrogens is 334 g/mol. The Kier molecular flexibility index (Phi) is 7.95. The van der Waals surface area contributed by atoms with E-state index in [9.17, 15) is 18.0 Å². The first-order chi connectivity index (χ1) is 11.2. The van der Waals surface area contributed by atoms with Crippen molar-refractivity contribution in [1.29, 1.82) is 0 Å². The lowest BCUT2D eigenvalue weighted by Crippen LogP contribution is -2.50. The summed E-state index contributed by atoms with van der Waals surface area (Å²) in [5.74, 6) is -0.231. The molecule has 0 aliphatic carbocycles. The van der Waals surface area contributed by atoms with Gasteiger partial charge in [-0.25, -0.2) is 13.2 Å². The maximum atomic E-state index is 12.1. The molecule has 140 valence electrons. The average Bonchev–Trinajstić information content (AvgIpc) is 2.50. The summed E-state index contributed by atoms with van der Waals surface area (Å²) in [6.45, 7) is 7.10. The van der Waals surface area contributed by atoms with E-state index in [1.165, 1.54) is 10.6 Å². The number of rotatable bonds is 7. The summed E-state index contributed by atoms with van der Waals surface area (Å²) in [5.41, 5.74) is 0. The van der Waals surface area contributed by atoms with Crippen LogP contribution in [0.15, 0.2) is 0 Å². The van der Waals surface area contributed by atoms with Crippen molar-refractivity contribution in [1.82, 2.24) is 14.5 Å². The standard InChI is InChI=1S/C15H29N3O5S/c1-5-23-15(20)17-9-6-13(7-10-17)18(24(4,21)22)11-8-16-14(19)12(2)3/h12-13H,5-11H2,1-4H3,(H,16,19). The van der Waals surface area contributed by atoms with Gasteiger partial charge in [0.25, 0.3) is 0 Å². The number of sulfonamides is 1. The van der Waals surface area contributed by atoms with Gasteiger partial charge < -0.3 is 15.0 Å². The summed E-state index contributed by atoms with van der Waals surface area (Å²) in [5, 5.41) is 2.74. The molecular formula is C15H29N3O5S. The molecule has 0 spiro atoms. The normalized spacial score (nSPS) is 16.5. The predicted molar refractivity (Wildman–Crippen MR) is 91.0 cm³/mol. The van der Waals surface area contributed by atoms with Gasteiger partial charge >= 0.3 is 6.09 Å². The van der Waals surface area contributed by atoms with E-state index in [1.54, 1.807) is 25.7 Å². The lowest BCUT2D eigenvalue weighted by molar-refractivity contribution is -0.124. The van der Waals surface area contributed by atoms with Crippen LogP contribution in [0, 0.1) is 5.92 Å². The molecule has 0 saturated carbocycles. The zero-order valence-corrected chi connectivity index (χ0v) is 15.8. The maximum absolute atomic E-state index is 12.1. The number of amides is 2. The van der Waals surface area contributed by atoms with Crippen LogP contribution in [-0.4, -0.2) is 74.7 Å². The molecule has 2 amide bonds. The molecule has 1 saturated heterocycles. The summed E-state index contributed by atoms with van der Waals surface area (Å²) in [7, 11) is -3.38. The largest absolute Gasteiger partial charge is 0.450 e. The van der Waals surface area contributed by atoms with E-state index in [1.807, 2.05) is 0 Å². The third kappa shape index (κ3) is 6.27. The van der Waals surface area contributed by atoms with Crippen LogP contribution in [0.2, 0.25) is 0 Å². The van der Waals surface area contributed by atoms with Gasteiger partial charge in [0, 0.05) is 38.1 Å². The minimum Gasteiger partial charge on any atom is -0.450 e. The molecule has 1 aliphatic rings. The van der Waals surface area contributed by atoms with Crippen molar-refractivity contribution in [2.75, 3.05) is 39.0 Å². The first-order valence-corrected chi connectivity index (χ1v) is 10.2. The van der Waals surface area contributed by atoms with Gasteiger partial charge in [-0.1, -0.05) is 13.8 Å². The molecule has 1 rings (SSSR count).